The summed E-state index contributed by atoms with van der Waals surface area (Å²) < 4.78 is 27.5. The summed E-state index contributed by atoms with van der Waals surface area (Å²) in [7, 11) is -3.73. The molecule has 2 aliphatic carbocycles. The van der Waals surface area contributed by atoms with Crippen molar-refractivity contribution >= 4 is 21.9 Å². The predicted molar refractivity (Wildman–Crippen MR) is 125 cm³/mol. The molecular weight excluding hydrogens is 424 g/mol. The number of carbonyl (C=O) groups excluding carboxylic acids is 1. The van der Waals surface area contributed by atoms with E-state index in [4.69, 9.17) is 5.41 Å². The van der Waals surface area contributed by atoms with Gasteiger partial charge in [0, 0.05) is 24.5 Å². The molecule has 1 saturated heterocycles. The van der Waals surface area contributed by atoms with Crippen LogP contribution in [0.2, 0.25) is 0 Å². The van der Waals surface area contributed by atoms with Gasteiger partial charge in [0.25, 0.3) is 10.0 Å². The first-order valence-electron chi connectivity index (χ1n) is 12.1. The van der Waals surface area contributed by atoms with E-state index in [1.165, 1.54) is 10.7 Å². The SMILES string of the molecule is CC1(C(=O)NCCc2ccc(S(=O)(=O)N3CCN(C4CCCC4)C3=N)cc2)CCCCC1. The molecule has 0 spiro atoms. The van der Waals surface area contributed by atoms with Gasteiger partial charge < -0.3 is 10.2 Å². The van der Waals surface area contributed by atoms with E-state index in [9.17, 15) is 13.2 Å². The first-order chi connectivity index (χ1) is 15.3. The molecule has 1 heterocycles. The maximum absolute atomic E-state index is 13.1. The zero-order chi connectivity index (χ0) is 22.8. The molecule has 0 aromatic heterocycles. The molecule has 0 radical (unpaired) electrons. The average molecular weight is 461 g/mol. The van der Waals surface area contributed by atoms with E-state index in [1.54, 1.807) is 12.1 Å². The second kappa shape index (κ2) is 9.41. The summed E-state index contributed by atoms with van der Waals surface area (Å²) >= 11 is 0. The van der Waals surface area contributed by atoms with E-state index >= 15 is 0 Å². The first kappa shape index (κ1) is 23.1. The molecule has 4 rings (SSSR count). The Labute approximate surface area is 192 Å². The molecule has 2 saturated carbocycles. The monoisotopic (exact) mass is 460 g/mol. The van der Waals surface area contributed by atoms with Gasteiger partial charge in [-0.25, -0.2) is 12.7 Å². The van der Waals surface area contributed by atoms with Gasteiger partial charge in [0.1, 0.15) is 0 Å². The summed E-state index contributed by atoms with van der Waals surface area (Å²) in [5.41, 5.74) is 0.741. The predicted octanol–water partition coefficient (Wildman–Crippen LogP) is 3.50. The number of nitrogens with zero attached hydrogens (tertiary/aromatic N) is 2. The number of benzene rings is 1. The quantitative estimate of drug-likeness (QED) is 0.651. The van der Waals surface area contributed by atoms with Crippen molar-refractivity contribution in [2.75, 3.05) is 19.6 Å². The molecule has 1 aromatic rings. The van der Waals surface area contributed by atoms with Gasteiger partial charge in [-0.2, -0.15) is 0 Å². The van der Waals surface area contributed by atoms with E-state index in [-0.39, 0.29) is 22.2 Å². The normalized spacial score (nSPS) is 21.8. The second-order valence-corrected chi connectivity index (χ2v) is 11.7. The third-order valence-corrected chi connectivity index (χ3v) is 9.34. The summed E-state index contributed by atoms with van der Waals surface area (Å²) in [4.78, 5) is 14.7. The number of amides is 1. The van der Waals surface area contributed by atoms with Gasteiger partial charge in [-0.05, 0) is 49.8 Å². The topological polar surface area (TPSA) is 93.6 Å². The van der Waals surface area contributed by atoms with Crippen molar-refractivity contribution in [1.82, 2.24) is 14.5 Å². The Morgan fingerprint density at radius 3 is 2.38 bits per heavy atom. The molecule has 1 amide bonds. The molecule has 3 fully saturated rings. The van der Waals surface area contributed by atoms with Crippen LogP contribution in [0.5, 0.6) is 0 Å². The van der Waals surface area contributed by atoms with Crippen molar-refractivity contribution in [3.05, 3.63) is 29.8 Å². The Bertz CT molecular complexity index is 932. The van der Waals surface area contributed by atoms with Crippen molar-refractivity contribution in [3.8, 4) is 0 Å². The molecule has 0 unspecified atom stereocenters. The van der Waals surface area contributed by atoms with Crippen LogP contribution in [-0.2, 0) is 21.2 Å². The number of nitrogens with one attached hydrogen (secondary N) is 2. The second-order valence-electron chi connectivity index (χ2n) is 9.80. The van der Waals surface area contributed by atoms with Gasteiger partial charge in [0.15, 0.2) is 0 Å². The fourth-order valence-electron chi connectivity index (χ4n) is 5.41. The van der Waals surface area contributed by atoms with E-state index in [0.29, 0.717) is 32.1 Å². The molecular formula is C24H36N4O3S. The number of sulfonamides is 1. The zero-order valence-corrected chi connectivity index (χ0v) is 19.9. The number of hydrogen-bond acceptors (Lipinski definition) is 4. The highest BCUT2D eigenvalue weighted by molar-refractivity contribution is 7.89. The van der Waals surface area contributed by atoms with Crippen LogP contribution >= 0.6 is 0 Å². The van der Waals surface area contributed by atoms with Gasteiger partial charge in [0.2, 0.25) is 11.9 Å². The fourth-order valence-corrected chi connectivity index (χ4v) is 6.80. The highest BCUT2D eigenvalue weighted by atomic mass is 32.2. The van der Waals surface area contributed by atoms with Gasteiger partial charge in [-0.3, -0.25) is 10.2 Å². The maximum atomic E-state index is 13.1. The van der Waals surface area contributed by atoms with Crippen molar-refractivity contribution in [1.29, 1.82) is 5.41 Å². The average Bonchev–Trinajstić information content (AvgIpc) is 3.44. The lowest BCUT2D eigenvalue weighted by molar-refractivity contribution is -0.131. The van der Waals surface area contributed by atoms with Crippen LogP contribution < -0.4 is 5.32 Å². The maximum Gasteiger partial charge on any atom is 0.266 e. The van der Waals surface area contributed by atoms with E-state index < -0.39 is 10.0 Å². The molecule has 176 valence electrons. The van der Waals surface area contributed by atoms with Crippen LogP contribution in [0.4, 0.5) is 0 Å². The number of carbonyl (C=O) groups is 1. The van der Waals surface area contributed by atoms with Gasteiger partial charge in [-0.15, -0.1) is 0 Å². The molecule has 0 bridgehead atoms. The number of rotatable bonds is 7. The van der Waals surface area contributed by atoms with Crippen molar-refractivity contribution < 1.29 is 13.2 Å². The van der Waals surface area contributed by atoms with Crippen molar-refractivity contribution in [2.45, 2.75) is 82.1 Å². The molecule has 3 aliphatic rings. The van der Waals surface area contributed by atoms with Crippen LogP contribution in [0.25, 0.3) is 0 Å². The zero-order valence-electron chi connectivity index (χ0n) is 19.1. The third kappa shape index (κ3) is 4.65. The summed E-state index contributed by atoms with van der Waals surface area (Å²) in [6, 6.07) is 7.18. The minimum atomic E-state index is -3.73. The summed E-state index contributed by atoms with van der Waals surface area (Å²) in [6.45, 7) is 3.54. The smallest absolute Gasteiger partial charge is 0.266 e. The molecule has 1 aromatic carbocycles. The fraction of sp³-hybridized carbons (Fsp3) is 0.667. The summed E-state index contributed by atoms with van der Waals surface area (Å²) in [5, 5.41) is 11.5. The van der Waals surface area contributed by atoms with Gasteiger partial charge >= 0.3 is 0 Å². The third-order valence-electron chi connectivity index (χ3n) is 7.53. The molecule has 0 atom stereocenters. The number of guanidine groups is 1. The molecule has 2 N–H and O–H groups in total. The first-order valence-corrected chi connectivity index (χ1v) is 13.5. The molecule has 7 nitrogen and oxygen atoms in total. The van der Waals surface area contributed by atoms with E-state index in [0.717, 1.165) is 56.9 Å². The van der Waals surface area contributed by atoms with Crippen molar-refractivity contribution in [3.63, 3.8) is 0 Å². The lowest BCUT2D eigenvalue weighted by Crippen LogP contribution is -2.41. The summed E-state index contributed by atoms with van der Waals surface area (Å²) in [6.07, 6.45) is 10.4. The highest BCUT2D eigenvalue weighted by Gasteiger charge is 2.39. The Morgan fingerprint density at radius 2 is 1.72 bits per heavy atom. The lowest BCUT2D eigenvalue weighted by Gasteiger charge is -2.32. The van der Waals surface area contributed by atoms with Crippen molar-refractivity contribution in [2.24, 2.45) is 5.41 Å². The van der Waals surface area contributed by atoms with Crippen LogP contribution in [0, 0.1) is 10.8 Å². The highest BCUT2D eigenvalue weighted by Crippen LogP contribution is 2.35. The van der Waals surface area contributed by atoms with E-state index in [2.05, 4.69) is 12.2 Å². The van der Waals surface area contributed by atoms with Gasteiger partial charge in [0.05, 0.1) is 11.4 Å². The standard InChI is InChI=1S/C24H36N4O3S/c1-24(14-5-2-6-15-24)22(29)26-16-13-19-9-11-21(12-10-19)32(30,31)28-18-17-27(23(28)25)20-7-3-4-8-20/h9-12,20,25H,2-8,13-18H2,1H3,(H,26,29). The summed E-state index contributed by atoms with van der Waals surface area (Å²) in [5.74, 6) is 0.246. The minimum Gasteiger partial charge on any atom is -0.355 e. The minimum absolute atomic E-state index is 0.111. The largest absolute Gasteiger partial charge is 0.355 e. The molecule has 8 heteroatoms. The molecule has 1 aliphatic heterocycles. The Kier molecular flexibility index (Phi) is 6.79. The Hall–Kier alpha value is -2.09. The lowest BCUT2D eigenvalue weighted by atomic mass is 9.75. The van der Waals surface area contributed by atoms with Crippen LogP contribution in [0.15, 0.2) is 29.2 Å². The van der Waals surface area contributed by atoms with Crippen LogP contribution in [-0.4, -0.2) is 55.2 Å². The van der Waals surface area contributed by atoms with Crippen LogP contribution in [0.1, 0.15) is 70.3 Å². The Morgan fingerprint density at radius 1 is 1.06 bits per heavy atom. The molecule has 32 heavy (non-hydrogen) atoms. The number of hydrogen-bond donors (Lipinski definition) is 2. The van der Waals surface area contributed by atoms with E-state index in [1.807, 2.05) is 17.0 Å². The van der Waals surface area contributed by atoms with Crippen LogP contribution in [0.3, 0.4) is 0 Å². The van der Waals surface area contributed by atoms with Gasteiger partial charge in [-0.1, -0.05) is 51.2 Å². The Balaban J connectivity index is 1.32.